The molecule has 2 fully saturated rings. The van der Waals surface area contributed by atoms with Crippen LogP contribution in [0.3, 0.4) is 0 Å². The average molecular weight is 426 g/mol. The van der Waals surface area contributed by atoms with E-state index in [1.165, 1.54) is 44.6 Å². The van der Waals surface area contributed by atoms with E-state index in [4.69, 9.17) is 0 Å². The van der Waals surface area contributed by atoms with Crippen molar-refractivity contribution in [3.05, 3.63) is 46.9 Å². The van der Waals surface area contributed by atoms with Crippen LogP contribution in [0.15, 0.2) is 24.3 Å². The SMILES string of the molecule is CCc1ccc(F)cc1-c1cc(C(=O)NN2CCCCC2)c(C)n1CC1CCCCC1. The normalized spacial score (nSPS) is 18.3. The Kier molecular flexibility index (Phi) is 7.11. The molecule has 1 amide bonds. The summed E-state index contributed by atoms with van der Waals surface area (Å²) in [6, 6.07) is 7.04. The molecular formula is C26H36FN3O. The van der Waals surface area contributed by atoms with Crippen molar-refractivity contribution < 1.29 is 9.18 Å². The Bertz CT molecular complexity index is 908. The lowest BCUT2D eigenvalue weighted by atomic mass is 9.89. The molecule has 1 aromatic heterocycles. The van der Waals surface area contributed by atoms with Crippen LogP contribution in [-0.2, 0) is 13.0 Å². The molecule has 1 N–H and O–H groups in total. The number of carbonyl (C=O) groups is 1. The summed E-state index contributed by atoms with van der Waals surface area (Å²) >= 11 is 0. The maximum Gasteiger partial charge on any atom is 0.267 e. The maximum atomic E-state index is 14.2. The van der Waals surface area contributed by atoms with E-state index in [0.717, 1.165) is 61.4 Å². The molecule has 0 atom stereocenters. The predicted molar refractivity (Wildman–Crippen MR) is 123 cm³/mol. The quantitative estimate of drug-likeness (QED) is 0.628. The van der Waals surface area contributed by atoms with Crippen LogP contribution in [0.4, 0.5) is 4.39 Å². The molecule has 0 unspecified atom stereocenters. The minimum absolute atomic E-state index is 0.0440. The maximum absolute atomic E-state index is 14.2. The van der Waals surface area contributed by atoms with E-state index in [2.05, 4.69) is 16.9 Å². The second-order valence-corrected chi connectivity index (χ2v) is 9.29. The van der Waals surface area contributed by atoms with Crippen molar-refractivity contribution in [2.45, 2.75) is 78.2 Å². The van der Waals surface area contributed by atoms with Crippen LogP contribution in [0.25, 0.3) is 11.3 Å². The molecule has 0 spiro atoms. The number of nitrogens with zero attached hydrogens (tertiary/aromatic N) is 2. The van der Waals surface area contributed by atoms with Crippen LogP contribution in [0.1, 0.15) is 79.9 Å². The van der Waals surface area contributed by atoms with Crippen LogP contribution in [0.2, 0.25) is 0 Å². The zero-order chi connectivity index (χ0) is 21.8. The lowest BCUT2D eigenvalue weighted by molar-refractivity contribution is 0.0749. The first kappa shape index (κ1) is 22.1. The number of carbonyl (C=O) groups excluding carboxylic acids is 1. The number of halogens is 1. The molecule has 168 valence electrons. The predicted octanol–water partition coefficient (Wildman–Crippen LogP) is 5.88. The van der Waals surface area contributed by atoms with Gasteiger partial charge >= 0.3 is 0 Å². The molecule has 31 heavy (non-hydrogen) atoms. The number of hydrogen-bond donors (Lipinski definition) is 1. The van der Waals surface area contributed by atoms with E-state index in [9.17, 15) is 9.18 Å². The van der Waals surface area contributed by atoms with Gasteiger partial charge in [0.1, 0.15) is 5.82 Å². The molecule has 0 bridgehead atoms. The molecule has 2 aliphatic rings. The number of hydrazine groups is 1. The Hall–Kier alpha value is -2.14. The smallest absolute Gasteiger partial charge is 0.267 e. The van der Waals surface area contributed by atoms with Gasteiger partial charge in [-0.1, -0.05) is 38.7 Å². The Morgan fingerprint density at radius 3 is 2.48 bits per heavy atom. The van der Waals surface area contributed by atoms with Crippen molar-refractivity contribution in [3.63, 3.8) is 0 Å². The Morgan fingerprint density at radius 1 is 1.06 bits per heavy atom. The molecule has 4 nitrogen and oxygen atoms in total. The fourth-order valence-corrected chi connectivity index (χ4v) is 5.27. The first-order valence-electron chi connectivity index (χ1n) is 12.1. The summed E-state index contributed by atoms with van der Waals surface area (Å²) < 4.78 is 16.5. The molecule has 2 aromatic rings. The molecule has 1 saturated carbocycles. The van der Waals surface area contributed by atoms with E-state index in [1.54, 1.807) is 6.07 Å². The topological polar surface area (TPSA) is 37.3 Å². The van der Waals surface area contributed by atoms with Crippen LogP contribution in [0.5, 0.6) is 0 Å². The fraction of sp³-hybridized carbons (Fsp3) is 0.577. The molecule has 5 heteroatoms. The largest absolute Gasteiger partial charge is 0.344 e. The van der Waals surface area contributed by atoms with Crippen molar-refractivity contribution in [3.8, 4) is 11.3 Å². The number of aromatic nitrogens is 1. The van der Waals surface area contributed by atoms with Gasteiger partial charge in [-0.15, -0.1) is 0 Å². The van der Waals surface area contributed by atoms with Crippen LogP contribution >= 0.6 is 0 Å². The zero-order valence-electron chi connectivity index (χ0n) is 19.1. The first-order chi connectivity index (χ1) is 15.1. The highest BCUT2D eigenvalue weighted by Gasteiger charge is 2.24. The molecule has 2 heterocycles. The van der Waals surface area contributed by atoms with Crippen molar-refractivity contribution >= 4 is 5.91 Å². The molecule has 1 aliphatic heterocycles. The highest BCUT2D eigenvalue weighted by atomic mass is 19.1. The summed E-state index contributed by atoms with van der Waals surface area (Å²) in [5.41, 5.74) is 7.82. The van der Waals surface area contributed by atoms with Gasteiger partial charge in [-0.2, -0.15) is 0 Å². The summed E-state index contributed by atoms with van der Waals surface area (Å²) in [5, 5.41) is 2.04. The van der Waals surface area contributed by atoms with Crippen LogP contribution in [0, 0.1) is 18.7 Å². The van der Waals surface area contributed by atoms with Gasteiger partial charge in [-0.25, -0.2) is 9.40 Å². The second kappa shape index (κ2) is 9.99. The van der Waals surface area contributed by atoms with Gasteiger partial charge in [0.05, 0.1) is 5.56 Å². The van der Waals surface area contributed by atoms with Crippen molar-refractivity contribution in [2.75, 3.05) is 13.1 Å². The summed E-state index contributed by atoms with van der Waals surface area (Å²) in [4.78, 5) is 13.2. The number of nitrogens with one attached hydrogen (secondary N) is 1. The lowest BCUT2D eigenvalue weighted by Gasteiger charge is -2.27. The Balaban J connectivity index is 1.70. The monoisotopic (exact) mass is 425 g/mol. The van der Waals surface area contributed by atoms with Crippen molar-refractivity contribution in [2.24, 2.45) is 5.92 Å². The summed E-state index contributed by atoms with van der Waals surface area (Å²) in [6.07, 6.45) is 10.7. The minimum atomic E-state index is -0.227. The van der Waals surface area contributed by atoms with Gasteiger partial charge in [0, 0.05) is 36.6 Å². The first-order valence-corrected chi connectivity index (χ1v) is 12.1. The number of benzene rings is 1. The minimum Gasteiger partial charge on any atom is -0.344 e. The standard InChI is InChI=1S/C26H36FN3O/c1-3-21-12-13-22(27)16-24(21)25-17-23(26(31)28-29-14-8-5-9-15-29)19(2)30(25)18-20-10-6-4-7-11-20/h12-13,16-17,20H,3-11,14-15,18H2,1-2H3,(H,28,31). The third kappa shape index (κ3) is 5.03. The van der Waals surface area contributed by atoms with E-state index in [1.807, 2.05) is 24.1 Å². The highest BCUT2D eigenvalue weighted by Crippen LogP contribution is 2.33. The number of aryl methyl sites for hydroxylation is 1. The van der Waals surface area contributed by atoms with Gasteiger partial charge in [-0.3, -0.25) is 10.2 Å². The fourth-order valence-electron chi connectivity index (χ4n) is 5.27. The van der Waals surface area contributed by atoms with Gasteiger partial charge in [0.25, 0.3) is 5.91 Å². The lowest BCUT2D eigenvalue weighted by Crippen LogP contribution is -2.45. The Labute approximate surface area is 185 Å². The third-order valence-corrected chi connectivity index (χ3v) is 7.12. The van der Waals surface area contributed by atoms with Gasteiger partial charge < -0.3 is 4.57 Å². The van der Waals surface area contributed by atoms with E-state index in [-0.39, 0.29) is 11.7 Å². The van der Waals surface area contributed by atoms with Crippen molar-refractivity contribution in [1.82, 2.24) is 15.0 Å². The van der Waals surface area contributed by atoms with E-state index < -0.39 is 0 Å². The van der Waals surface area contributed by atoms with Gasteiger partial charge in [0.2, 0.25) is 0 Å². The summed E-state index contributed by atoms with van der Waals surface area (Å²) in [7, 11) is 0. The van der Waals surface area contributed by atoms with Crippen LogP contribution in [-0.4, -0.2) is 28.6 Å². The number of rotatable bonds is 6. The molecular weight excluding hydrogens is 389 g/mol. The molecule has 4 rings (SSSR count). The average Bonchev–Trinajstić information content (AvgIpc) is 3.11. The van der Waals surface area contributed by atoms with E-state index >= 15 is 0 Å². The number of piperidine rings is 1. The Morgan fingerprint density at radius 2 is 1.77 bits per heavy atom. The molecule has 1 aromatic carbocycles. The second-order valence-electron chi connectivity index (χ2n) is 9.29. The highest BCUT2D eigenvalue weighted by molar-refractivity contribution is 5.96. The number of amides is 1. The molecule has 0 radical (unpaired) electrons. The summed E-state index contributed by atoms with van der Waals surface area (Å²) in [6.45, 7) is 6.86. The van der Waals surface area contributed by atoms with Crippen LogP contribution < -0.4 is 5.43 Å². The van der Waals surface area contributed by atoms with Gasteiger partial charge in [0.15, 0.2) is 0 Å². The molecule has 1 aliphatic carbocycles. The van der Waals surface area contributed by atoms with E-state index in [0.29, 0.717) is 11.5 Å². The zero-order valence-corrected chi connectivity index (χ0v) is 19.1. The molecule has 1 saturated heterocycles. The van der Waals surface area contributed by atoms with Gasteiger partial charge in [-0.05, 0) is 68.7 Å². The number of hydrogen-bond acceptors (Lipinski definition) is 2. The third-order valence-electron chi connectivity index (χ3n) is 7.12. The summed E-state index contributed by atoms with van der Waals surface area (Å²) in [5.74, 6) is 0.349. The van der Waals surface area contributed by atoms with Crippen molar-refractivity contribution in [1.29, 1.82) is 0 Å².